The van der Waals surface area contributed by atoms with Gasteiger partial charge in [0.05, 0.1) is 21.5 Å². The molecule has 1 rings (SSSR count). The van der Waals surface area contributed by atoms with Crippen molar-refractivity contribution in [3.05, 3.63) is 44.1 Å². The van der Waals surface area contributed by atoms with Crippen LogP contribution in [-0.2, 0) is 9.59 Å². The van der Waals surface area contributed by atoms with E-state index in [4.69, 9.17) is 9.47 Å². The second-order valence-electron chi connectivity index (χ2n) is 3.90. The van der Waals surface area contributed by atoms with Crippen LogP contribution >= 0.6 is 0 Å². The molecule has 1 aromatic carbocycles. The second-order valence-corrected chi connectivity index (χ2v) is 3.90. The molecule has 0 aromatic heterocycles. The van der Waals surface area contributed by atoms with E-state index in [1.807, 2.05) is 0 Å². The average Bonchev–Trinajstić information content (AvgIpc) is 2.36. The summed E-state index contributed by atoms with van der Waals surface area (Å²) in [7, 11) is 0. The van der Waals surface area contributed by atoms with Gasteiger partial charge in [-0.1, -0.05) is 0 Å². The fourth-order valence-electron chi connectivity index (χ4n) is 1.47. The number of esters is 2. The Labute approximate surface area is 123 Å². The molecule has 0 atom stereocenters. The minimum absolute atomic E-state index is 0.186. The van der Waals surface area contributed by atoms with Crippen LogP contribution in [0.3, 0.4) is 0 Å². The third-order valence-electron chi connectivity index (χ3n) is 2.17. The summed E-state index contributed by atoms with van der Waals surface area (Å²) < 4.78 is 9.53. The molecule has 0 saturated heterocycles. The van der Waals surface area contributed by atoms with Gasteiger partial charge in [0, 0.05) is 19.9 Å². The van der Waals surface area contributed by atoms with E-state index in [-0.39, 0.29) is 17.1 Å². The third-order valence-corrected chi connectivity index (χ3v) is 2.17. The molecule has 0 fully saturated rings. The van der Waals surface area contributed by atoms with E-state index in [0.29, 0.717) is 6.20 Å². The number of rotatable bonds is 5. The molecule has 0 N–H and O–H groups in total. The van der Waals surface area contributed by atoms with Crippen LogP contribution in [-0.4, -0.2) is 21.8 Å². The summed E-state index contributed by atoms with van der Waals surface area (Å²) in [5, 5.41) is 21.3. The lowest BCUT2D eigenvalue weighted by molar-refractivity contribution is -0.401. The summed E-state index contributed by atoms with van der Waals surface area (Å²) in [4.78, 5) is 41.7. The SMILES string of the molecule is CC(=O)Oc1cc(/C=C/[N+](=O)[O-])c([N+](=O)[O-])cc1OC(C)=O. The van der Waals surface area contributed by atoms with Crippen molar-refractivity contribution in [1.29, 1.82) is 0 Å². The molecule has 0 spiro atoms. The Balaban J connectivity index is 3.48. The zero-order chi connectivity index (χ0) is 16.9. The van der Waals surface area contributed by atoms with Crippen molar-refractivity contribution in [1.82, 2.24) is 0 Å². The first-order valence-corrected chi connectivity index (χ1v) is 5.71. The molecule has 10 nitrogen and oxygen atoms in total. The number of carbonyl (C=O) groups excluding carboxylic acids is 2. The summed E-state index contributed by atoms with van der Waals surface area (Å²) in [6.45, 7) is 2.13. The largest absolute Gasteiger partial charge is 0.423 e. The molecule has 0 heterocycles. The first-order valence-electron chi connectivity index (χ1n) is 5.71. The highest BCUT2D eigenvalue weighted by Crippen LogP contribution is 2.35. The van der Waals surface area contributed by atoms with E-state index in [0.717, 1.165) is 32.1 Å². The van der Waals surface area contributed by atoms with Crippen LogP contribution in [0.2, 0.25) is 0 Å². The topological polar surface area (TPSA) is 139 Å². The highest BCUT2D eigenvalue weighted by atomic mass is 16.6. The third kappa shape index (κ3) is 4.67. The van der Waals surface area contributed by atoms with Gasteiger partial charge in [-0.05, 0) is 6.07 Å². The van der Waals surface area contributed by atoms with Gasteiger partial charge in [-0.25, -0.2) is 0 Å². The Morgan fingerprint density at radius 1 is 1.05 bits per heavy atom. The number of hydrogen-bond donors (Lipinski definition) is 0. The summed E-state index contributed by atoms with van der Waals surface area (Å²) >= 11 is 0. The number of nitro benzene ring substituents is 1. The maximum absolute atomic E-state index is 11.0. The van der Waals surface area contributed by atoms with Crippen molar-refractivity contribution in [2.24, 2.45) is 0 Å². The molecular formula is C12H10N2O8. The second kappa shape index (κ2) is 6.92. The van der Waals surface area contributed by atoms with E-state index < -0.39 is 27.5 Å². The van der Waals surface area contributed by atoms with E-state index in [9.17, 15) is 29.8 Å². The lowest BCUT2D eigenvalue weighted by Gasteiger charge is -2.09. The van der Waals surface area contributed by atoms with Crippen LogP contribution in [0.1, 0.15) is 19.4 Å². The van der Waals surface area contributed by atoms with Crippen LogP contribution in [0.25, 0.3) is 6.08 Å². The number of nitro groups is 2. The minimum atomic E-state index is -0.815. The molecule has 22 heavy (non-hydrogen) atoms. The van der Waals surface area contributed by atoms with Crippen LogP contribution in [0.5, 0.6) is 11.5 Å². The fraction of sp³-hybridized carbons (Fsp3) is 0.167. The van der Waals surface area contributed by atoms with Gasteiger partial charge in [0.25, 0.3) is 5.69 Å². The Bertz CT molecular complexity index is 680. The monoisotopic (exact) mass is 310 g/mol. The maximum atomic E-state index is 11.0. The van der Waals surface area contributed by atoms with Gasteiger partial charge in [0.2, 0.25) is 6.20 Å². The average molecular weight is 310 g/mol. The van der Waals surface area contributed by atoms with Gasteiger partial charge in [-0.3, -0.25) is 29.8 Å². The first kappa shape index (κ1) is 16.8. The van der Waals surface area contributed by atoms with Crippen LogP contribution in [0.4, 0.5) is 5.69 Å². The molecule has 1 aromatic rings. The Morgan fingerprint density at radius 3 is 1.95 bits per heavy atom. The molecule has 0 aliphatic carbocycles. The van der Waals surface area contributed by atoms with Gasteiger partial charge in [-0.15, -0.1) is 0 Å². The first-order chi connectivity index (χ1) is 10.2. The molecule has 0 saturated carbocycles. The molecule has 0 radical (unpaired) electrons. The van der Waals surface area contributed by atoms with Gasteiger partial charge >= 0.3 is 11.9 Å². The standard InChI is InChI=1S/C12H10N2O8/c1-7(15)21-11-5-9(3-4-13(17)18)10(14(19)20)6-12(11)22-8(2)16/h3-6H,1-2H3/b4-3+. The molecule has 116 valence electrons. The molecule has 10 heteroatoms. The lowest BCUT2D eigenvalue weighted by atomic mass is 10.1. The van der Waals surface area contributed by atoms with Crippen LogP contribution < -0.4 is 9.47 Å². The maximum Gasteiger partial charge on any atom is 0.308 e. The van der Waals surface area contributed by atoms with Gasteiger partial charge in [0.15, 0.2) is 11.5 Å². The van der Waals surface area contributed by atoms with E-state index in [1.165, 1.54) is 0 Å². The number of benzene rings is 1. The quantitative estimate of drug-likeness (QED) is 0.346. The van der Waals surface area contributed by atoms with Crippen LogP contribution in [0, 0.1) is 20.2 Å². The Morgan fingerprint density at radius 2 is 1.55 bits per heavy atom. The normalized spacial score (nSPS) is 10.3. The number of carbonyl (C=O) groups is 2. The smallest absolute Gasteiger partial charge is 0.308 e. The van der Waals surface area contributed by atoms with Crippen molar-refractivity contribution in [2.75, 3.05) is 0 Å². The molecule has 0 aliphatic rings. The van der Waals surface area contributed by atoms with E-state index >= 15 is 0 Å². The number of ether oxygens (including phenoxy) is 2. The summed E-state index contributed by atoms with van der Waals surface area (Å²) in [6.07, 6.45) is 1.36. The van der Waals surface area contributed by atoms with Crippen molar-refractivity contribution in [2.45, 2.75) is 13.8 Å². The van der Waals surface area contributed by atoms with Crippen molar-refractivity contribution in [3.63, 3.8) is 0 Å². The van der Waals surface area contributed by atoms with Gasteiger partial charge in [0.1, 0.15) is 0 Å². The fourth-order valence-corrected chi connectivity index (χ4v) is 1.47. The predicted octanol–water partition coefficient (Wildman–Crippen LogP) is 1.69. The molecule has 0 bridgehead atoms. The highest BCUT2D eigenvalue weighted by molar-refractivity contribution is 5.76. The van der Waals surface area contributed by atoms with Crippen molar-refractivity contribution >= 4 is 23.7 Å². The number of hydrogen-bond acceptors (Lipinski definition) is 8. The summed E-state index contributed by atoms with van der Waals surface area (Å²) in [5.41, 5.74) is -0.737. The summed E-state index contributed by atoms with van der Waals surface area (Å²) in [5.74, 6) is -2.15. The molecule has 0 aliphatic heterocycles. The highest BCUT2D eigenvalue weighted by Gasteiger charge is 2.21. The minimum Gasteiger partial charge on any atom is -0.423 e. The molecule has 0 amide bonds. The Hall–Kier alpha value is -3.30. The van der Waals surface area contributed by atoms with E-state index in [1.54, 1.807) is 0 Å². The number of nitrogens with zero attached hydrogens (tertiary/aromatic N) is 2. The zero-order valence-corrected chi connectivity index (χ0v) is 11.5. The van der Waals surface area contributed by atoms with Gasteiger partial charge < -0.3 is 9.47 Å². The van der Waals surface area contributed by atoms with Crippen molar-refractivity contribution < 1.29 is 28.9 Å². The lowest BCUT2D eigenvalue weighted by Crippen LogP contribution is -2.08. The van der Waals surface area contributed by atoms with Crippen molar-refractivity contribution in [3.8, 4) is 11.5 Å². The van der Waals surface area contributed by atoms with E-state index in [2.05, 4.69) is 0 Å². The summed E-state index contributed by atoms with van der Waals surface area (Å²) in [6, 6.07) is 1.84. The molecular weight excluding hydrogens is 300 g/mol. The van der Waals surface area contributed by atoms with Crippen LogP contribution in [0.15, 0.2) is 18.3 Å². The van der Waals surface area contributed by atoms with Gasteiger partial charge in [-0.2, -0.15) is 0 Å². The predicted molar refractivity (Wildman–Crippen MR) is 71.7 cm³/mol. The Kier molecular flexibility index (Phi) is 5.27. The molecule has 0 unspecified atom stereocenters. The zero-order valence-electron chi connectivity index (χ0n) is 11.5.